The van der Waals surface area contributed by atoms with Gasteiger partial charge in [0.1, 0.15) is 0 Å². The molecule has 1 aromatic heterocycles. The summed E-state index contributed by atoms with van der Waals surface area (Å²) in [5.41, 5.74) is 1.24. The number of nitrogens with zero attached hydrogens (tertiary/aromatic N) is 1. The Morgan fingerprint density at radius 3 is 3.16 bits per heavy atom. The molecule has 0 radical (unpaired) electrons. The minimum absolute atomic E-state index is 0.214. The molecular formula is C15H20N2O2. The van der Waals surface area contributed by atoms with Gasteiger partial charge in [-0.1, -0.05) is 18.2 Å². The first-order valence-corrected chi connectivity index (χ1v) is 6.77. The molecule has 2 N–H and O–H groups in total. The van der Waals surface area contributed by atoms with E-state index in [1.165, 1.54) is 5.56 Å². The molecule has 102 valence electrons. The SMILES string of the molecule is O=C(O)CC/C=C\CC1CCNC1c1cccnc1. The number of carboxylic acids is 1. The molecule has 0 bridgehead atoms. The standard InChI is InChI=1S/C15H20N2O2/c18-14(19)7-3-1-2-5-12-8-10-17-15(12)13-6-4-9-16-11-13/h1-2,4,6,9,11-12,15,17H,3,5,7-8,10H2,(H,18,19)/b2-1-. The highest BCUT2D eigenvalue weighted by Gasteiger charge is 2.26. The third-order valence-electron chi connectivity index (χ3n) is 3.52. The fourth-order valence-corrected chi connectivity index (χ4v) is 2.56. The summed E-state index contributed by atoms with van der Waals surface area (Å²) in [6.45, 7) is 1.03. The highest BCUT2D eigenvalue weighted by Crippen LogP contribution is 2.31. The maximum Gasteiger partial charge on any atom is 0.303 e. The molecule has 2 rings (SSSR count). The molecule has 0 aromatic carbocycles. The number of nitrogens with one attached hydrogen (secondary N) is 1. The summed E-state index contributed by atoms with van der Waals surface area (Å²) in [6.07, 6.45) is 10.8. The van der Waals surface area contributed by atoms with Crippen LogP contribution in [-0.4, -0.2) is 22.6 Å². The topological polar surface area (TPSA) is 62.2 Å². The Morgan fingerprint density at radius 2 is 2.42 bits per heavy atom. The van der Waals surface area contributed by atoms with Crippen molar-refractivity contribution in [1.29, 1.82) is 0 Å². The van der Waals surface area contributed by atoms with Crippen molar-refractivity contribution in [2.24, 2.45) is 5.92 Å². The number of allylic oxidation sites excluding steroid dienone is 2. The van der Waals surface area contributed by atoms with E-state index in [9.17, 15) is 4.79 Å². The van der Waals surface area contributed by atoms with Gasteiger partial charge in [0.2, 0.25) is 0 Å². The van der Waals surface area contributed by atoms with Crippen molar-refractivity contribution < 1.29 is 9.90 Å². The second kappa shape index (κ2) is 7.04. The van der Waals surface area contributed by atoms with Gasteiger partial charge < -0.3 is 10.4 Å². The zero-order valence-electron chi connectivity index (χ0n) is 11.0. The number of carbonyl (C=O) groups is 1. The van der Waals surface area contributed by atoms with Gasteiger partial charge in [-0.25, -0.2) is 0 Å². The molecule has 0 spiro atoms. The summed E-state index contributed by atoms with van der Waals surface area (Å²) >= 11 is 0. The Labute approximate surface area is 113 Å². The van der Waals surface area contributed by atoms with Gasteiger partial charge >= 0.3 is 5.97 Å². The lowest BCUT2D eigenvalue weighted by Gasteiger charge is -2.18. The lowest BCUT2D eigenvalue weighted by Crippen LogP contribution is -2.17. The molecule has 4 heteroatoms. The van der Waals surface area contributed by atoms with E-state index in [0.29, 0.717) is 18.4 Å². The van der Waals surface area contributed by atoms with Crippen molar-refractivity contribution in [3.63, 3.8) is 0 Å². The van der Waals surface area contributed by atoms with Gasteiger partial charge in [0.05, 0.1) is 0 Å². The predicted octanol–water partition coefficient (Wildman–Crippen LogP) is 2.54. The summed E-state index contributed by atoms with van der Waals surface area (Å²) in [5, 5.41) is 12.1. The van der Waals surface area contributed by atoms with Crippen LogP contribution in [-0.2, 0) is 4.79 Å². The van der Waals surface area contributed by atoms with Gasteiger partial charge in [-0.2, -0.15) is 0 Å². The van der Waals surface area contributed by atoms with Crippen LogP contribution in [0.3, 0.4) is 0 Å². The first-order valence-electron chi connectivity index (χ1n) is 6.77. The molecule has 1 aliphatic heterocycles. The minimum atomic E-state index is -0.736. The van der Waals surface area contributed by atoms with Crippen LogP contribution in [0.5, 0.6) is 0 Å². The second-order valence-electron chi connectivity index (χ2n) is 4.91. The zero-order valence-corrected chi connectivity index (χ0v) is 11.0. The molecule has 4 nitrogen and oxygen atoms in total. The van der Waals surface area contributed by atoms with E-state index in [4.69, 9.17) is 5.11 Å². The highest BCUT2D eigenvalue weighted by molar-refractivity contribution is 5.66. The molecule has 0 amide bonds. The molecule has 2 unspecified atom stereocenters. The van der Waals surface area contributed by atoms with Crippen LogP contribution < -0.4 is 5.32 Å². The average Bonchev–Trinajstić information content (AvgIpc) is 2.87. The third-order valence-corrected chi connectivity index (χ3v) is 3.52. The van der Waals surface area contributed by atoms with Crippen molar-refractivity contribution >= 4 is 5.97 Å². The Balaban J connectivity index is 1.84. The number of aromatic nitrogens is 1. The van der Waals surface area contributed by atoms with Gasteiger partial charge in [-0.3, -0.25) is 9.78 Å². The lowest BCUT2D eigenvalue weighted by molar-refractivity contribution is -0.136. The van der Waals surface area contributed by atoms with Crippen molar-refractivity contribution in [2.75, 3.05) is 6.54 Å². The van der Waals surface area contributed by atoms with Crippen LogP contribution in [0.2, 0.25) is 0 Å². The molecule has 1 saturated heterocycles. The van der Waals surface area contributed by atoms with Crippen molar-refractivity contribution in [3.8, 4) is 0 Å². The quantitative estimate of drug-likeness (QED) is 0.772. The first kappa shape index (κ1) is 13.7. The fraction of sp³-hybridized carbons (Fsp3) is 0.467. The van der Waals surface area contributed by atoms with Gasteiger partial charge in [-0.05, 0) is 43.4 Å². The normalized spacial score (nSPS) is 22.9. The molecule has 2 heterocycles. The molecule has 1 aromatic rings. The molecule has 0 aliphatic carbocycles. The average molecular weight is 260 g/mol. The maximum absolute atomic E-state index is 10.4. The van der Waals surface area contributed by atoms with Crippen LogP contribution in [0.15, 0.2) is 36.7 Å². The number of aliphatic carboxylic acids is 1. The van der Waals surface area contributed by atoms with Gasteiger partial charge in [-0.15, -0.1) is 0 Å². The van der Waals surface area contributed by atoms with E-state index >= 15 is 0 Å². The Hall–Kier alpha value is -1.68. The summed E-state index contributed by atoms with van der Waals surface area (Å²) in [4.78, 5) is 14.6. The number of pyridine rings is 1. The van der Waals surface area contributed by atoms with Crippen molar-refractivity contribution in [2.45, 2.75) is 31.7 Å². The number of hydrogen-bond acceptors (Lipinski definition) is 3. The molecule has 1 aliphatic rings. The Kier molecular flexibility index (Phi) is 5.10. The monoisotopic (exact) mass is 260 g/mol. The van der Waals surface area contributed by atoms with Crippen LogP contribution in [0.1, 0.15) is 37.3 Å². The van der Waals surface area contributed by atoms with Crippen LogP contribution in [0.25, 0.3) is 0 Å². The van der Waals surface area contributed by atoms with Crippen molar-refractivity contribution in [1.82, 2.24) is 10.3 Å². The van der Waals surface area contributed by atoms with Gasteiger partial charge in [0.15, 0.2) is 0 Å². The summed E-state index contributed by atoms with van der Waals surface area (Å²) < 4.78 is 0. The highest BCUT2D eigenvalue weighted by atomic mass is 16.4. The molecule has 19 heavy (non-hydrogen) atoms. The molecular weight excluding hydrogens is 240 g/mol. The summed E-state index contributed by atoms with van der Waals surface area (Å²) in [5.74, 6) is -0.161. The smallest absolute Gasteiger partial charge is 0.303 e. The summed E-state index contributed by atoms with van der Waals surface area (Å²) in [7, 11) is 0. The minimum Gasteiger partial charge on any atom is -0.481 e. The molecule has 1 fully saturated rings. The van der Waals surface area contributed by atoms with Crippen LogP contribution in [0.4, 0.5) is 0 Å². The first-order chi connectivity index (χ1) is 9.27. The Bertz CT molecular complexity index is 431. The van der Waals surface area contributed by atoms with E-state index in [0.717, 1.165) is 19.4 Å². The second-order valence-corrected chi connectivity index (χ2v) is 4.91. The number of hydrogen-bond donors (Lipinski definition) is 2. The van der Waals surface area contributed by atoms with E-state index in [2.05, 4.69) is 22.4 Å². The predicted molar refractivity (Wildman–Crippen MR) is 73.7 cm³/mol. The lowest BCUT2D eigenvalue weighted by atomic mass is 9.92. The van der Waals surface area contributed by atoms with E-state index in [1.807, 2.05) is 18.3 Å². The summed E-state index contributed by atoms with van der Waals surface area (Å²) in [6, 6.07) is 4.45. The fourth-order valence-electron chi connectivity index (χ4n) is 2.56. The molecule has 0 saturated carbocycles. The van der Waals surface area contributed by atoms with Gasteiger partial charge in [0, 0.05) is 24.9 Å². The van der Waals surface area contributed by atoms with Crippen LogP contribution in [0, 0.1) is 5.92 Å². The number of carboxylic acid groups (broad SMARTS) is 1. The van der Waals surface area contributed by atoms with Crippen LogP contribution >= 0.6 is 0 Å². The van der Waals surface area contributed by atoms with E-state index in [1.54, 1.807) is 6.20 Å². The largest absolute Gasteiger partial charge is 0.481 e. The Morgan fingerprint density at radius 1 is 1.53 bits per heavy atom. The number of rotatable bonds is 6. The maximum atomic E-state index is 10.4. The van der Waals surface area contributed by atoms with Gasteiger partial charge in [0.25, 0.3) is 0 Å². The van der Waals surface area contributed by atoms with E-state index < -0.39 is 5.97 Å². The zero-order chi connectivity index (χ0) is 13.5. The third kappa shape index (κ3) is 4.17. The molecule has 2 atom stereocenters. The van der Waals surface area contributed by atoms with E-state index in [-0.39, 0.29) is 6.42 Å². The van der Waals surface area contributed by atoms with Crippen molar-refractivity contribution in [3.05, 3.63) is 42.2 Å².